The van der Waals surface area contributed by atoms with E-state index in [-0.39, 0.29) is 12.1 Å². The van der Waals surface area contributed by atoms with Crippen molar-refractivity contribution in [3.63, 3.8) is 0 Å². The van der Waals surface area contributed by atoms with Gasteiger partial charge in [-0.25, -0.2) is 4.98 Å². The summed E-state index contributed by atoms with van der Waals surface area (Å²) in [5, 5.41) is 10.8. The number of hydrogen-bond donors (Lipinski definition) is 1. The molecule has 1 fully saturated rings. The molecular weight excluding hydrogens is 290 g/mol. The van der Waals surface area contributed by atoms with Crippen molar-refractivity contribution in [3.05, 3.63) is 48.5 Å². The maximum atomic E-state index is 10.8. The Morgan fingerprint density at radius 2 is 2.09 bits per heavy atom. The number of rotatable bonds is 5. The van der Waals surface area contributed by atoms with Crippen LogP contribution in [0.1, 0.15) is 25.1 Å². The summed E-state index contributed by atoms with van der Waals surface area (Å²) in [6.45, 7) is 0.725. The van der Waals surface area contributed by atoms with Crippen LogP contribution in [0.3, 0.4) is 0 Å². The van der Waals surface area contributed by atoms with E-state index in [1.165, 1.54) is 0 Å². The molecule has 0 aliphatic heterocycles. The van der Waals surface area contributed by atoms with Gasteiger partial charge in [-0.15, -0.1) is 0 Å². The Balaban J connectivity index is 1.64. The second-order valence-corrected chi connectivity index (χ2v) is 6.33. The molecule has 1 aromatic heterocycles. The van der Waals surface area contributed by atoms with Gasteiger partial charge < -0.3 is 14.4 Å². The number of aryl methyl sites for hydroxylation is 1. The summed E-state index contributed by atoms with van der Waals surface area (Å²) in [6.07, 6.45) is 6.04. The Labute approximate surface area is 137 Å². The first-order chi connectivity index (χ1) is 11.1. The average molecular weight is 315 g/mol. The van der Waals surface area contributed by atoms with E-state index in [0.717, 1.165) is 37.4 Å². The summed E-state index contributed by atoms with van der Waals surface area (Å²) in [5.74, 6) is 1.83. The van der Waals surface area contributed by atoms with E-state index in [0.29, 0.717) is 0 Å². The Hall–Kier alpha value is -1.85. The summed E-state index contributed by atoms with van der Waals surface area (Å²) in [4.78, 5) is 6.56. The Morgan fingerprint density at radius 3 is 2.78 bits per heavy atom. The van der Waals surface area contributed by atoms with Crippen LogP contribution in [0, 0.1) is 0 Å². The maximum absolute atomic E-state index is 10.8. The fraction of sp³-hybridized carbons (Fsp3) is 0.500. The molecule has 3 rings (SSSR count). The highest BCUT2D eigenvalue weighted by Crippen LogP contribution is 2.27. The third-order valence-corrected chi connectivity index (χ3v) is 4.67. The van der Waals surface area contributed by atoms with Gasteiger partial charge in [0.2, 0.25) is 0 Å². The van der Waals surface area contributed by atoms with Gasteiger partial charge in [-0.2, -0.15) is 0 Å². The highest BCUT2D eigenvalue weighted by Gasteiger charge is 2.35. The highest BCUT2D eigenvalue weighted by molar-refractivity contribution is 5.21. The molecule has 5 nitrogen and oxygen atoms in total. The number of imidazole rings is 1. The lowest BCUT2D eigenvalue weighted by Crippen LogP contribution is -2.51. The molecule has 1 N–H and O–H groups in total. The van der Waals surface area contributed by atoms with Gasteiger partial charge >= 0.3 is 0 Å². The Morgan fingerprint density at radius 1 is 1.30 bits per heavy atom. The molecule has 1 saturated carbocycles. The molecule has 124 valence electrons. The van der Waals surface area contributed by atoms with Gasteiger partial charge in [-0.1, -0.05) is 18.2 Å². The van der Waals surface area contributed by atoms with Gasteiger partial charge in [-0.3, -0.25) is 4.90 Å². The molecular formula is C18H25N3O2. The highest BCUT2D eigenvalue weighted by atomic mass is 16.5. The largest absolute Gasteiger partial charge is 0.488 e. The smallest absolute Gasteiger partial charge is 0.126 e. The topological polar surface area (TPSA) is 50.5 Å². The van der Waals surface area contributed by atoms with Crippen LogP contribution in [0.2, 0.25) is 0 Å². The van der Waals surface area contributed by atoms with Gasteiger partial charge in [0.15, 0.2) is 0 Å². The first kappa shape index (κ1) is 16.0. The minimum atomic E-state index is -0.491. The molecule has 0 radical (unpaired) electrons. The monoisotopic (exact) mass is 315 g/mol. The van der Waals surface area contributed by atoms with Gasteiger partial charge in [0, 0.05) is 25.5 Å². The standard InChI is InChI=1S/C18H25N3O2/c1-20-12-11-19-17(20)13-21(2)15-9-6-10-16(18(15)22)23-14-7-4-3-5-8-14/h3-5,7-8,11-12,15-16,18,22H,6,9-10,13H2,1-2H3/t15-,16+,18+/m1/s1. The predicted octanol–water partition coefficient (Wildman–Crippen LogP) is 2.21. The van der Waals surface area contributed by atoms with E-state index in [4.69, 9.17) is 4.74 Å². The normalized spacial score (nSPS) is 24.8. The van der Waals surface area contributed by atoms with Crippen LogP contribution < -0.4 is 4.74 Å². The summed E-state index contributed by atoms with van der Waals surface area (Å²) < 4.78 is 8.03. The van der Waals surface area contributed by atoms with Crippen LogP contribution in [0.5, 0.6) is 5.75 Å². The Kier molecular flexibility index (Phi) is 4.98. The number of likely N-dealkylation sites (N-methyl/N-ethyl adjacent to an activating group) is 1. The molecule has 0 saturated heterocycles. The second kappa shape index (κ2) is 7.15. The molecule has 0 amide bonds. The quantitative estimate of drug-likeness (QED) is 0.919. The van der Waals surface area contributed by atoms with E-state index in [1.54, 1.807) is 0 Å². The molecule has 1 aliphatic carbocycles. The van der Waals surface area contributed by atoms with Crippen LogP contribution in [-0.2, 0) is 13.6 Å². The predicted molar refractivity (Wildman–Crippen MR) is 89.2 cm³/mol. The number of nitrogens with zero attached hydrogens (tertiary/aromatic N) is 3. The summed E-state index contributed by atoms with van der Waals surface area (Å²) in [5.41, 5.74) is 0. The lowest BCUT2D eigenvalue weighted by Gasteiger charge is -2.39. The number of benzene rings is 1. The molecule has 2 aromatic rings. The fourth-order valence-electron chi connectivity index (χ4n) is 3.29. The lowest BCUT2D eigenvalue weighted by atomic mass is 9.89. The van der Waals surface area contributed by atoms with E-state index in [2.05, 4.69) is 9.88 Å². The zero-order chi connectivity index (χ0) is 16.2. The molecule has 1 heterocycles. The van der Waals surface area contributed by atoms with Crippen LogP contribution in [0.25, 0.3) is 0 Å². The molecule has 23 heavy (non-hydrogen) atoms. The molecule has 0 spiro atoms. The third kappa shape index (κ3) is 3.74. The molecule has 0 bridgehead atoms. The van der Waals surface area contributed by atoms with E-state index < -0.39 is 6.10 Å². The number of ether oxygens (including phenoxy) is 1. The van der Waals surface area contributed by atoms with E-state index >= 15 is 0 Å². The first-order valence-corrected chi connectivity index (χ1v) is 8.21. The van der Waals surface area contributed by atoms with Gasteiger partial charge in [0.25, 0.3) is 0 Å². The van der Waals surface area contributed by atoms with Crippen molar-refractivity contribution in [3.8, 4) is 5.75 Å². The summed E-state index contributed by atoms with van der Waals surface area (Å²) in [7, 11) is 4.04. The van der Waals surface area contributed by atoms with Crippen LogP contribution in [0.15, 0.2) is 42.7 Å². The minimum Gasteiger partial charge on any atom is -0.488 e. The SMILES string of the molecule is CN(Cc1nccn1C)[C@@H]1CCC[C@H](Oc2ccccc2)[C@H]1O. The first-order valence-electron chi connectivity index (χ1n) is 8.21. The molecule has 0 unspecified atom stereocenters. The average Bonchev–Trinajstić information content (AvgIpc) is 2.95. The number of aliphatic hydroxyl groups is 1. The number of aromatic nitrogens is 2. The van der Waals surface area contributed by atoms with E-state index in [9.17, 15) is 5.11 Å². The maximum Gasteiger partial charge on any atom is 0.126 e. The number of hydrogen-bond acceptors (Lipinski definition) is 4. The molecule has 1 aliphatic rings. The molecule has 5 heteroatoms. The van der Waals surface area contributed by atoms with Gasteiger partial charge in [-0.05, 0) is 38.4 Å². The van der Waals surface area contributed by atoms with Crippen molar-refractivity contribution < 1.29 is 9.84 Å². The fourth-order valence-corrected chi connectivity index (χ4v) is 3.29. The minimum absolute atomic E-state index is 0.0918. The second-order valence-electron chi connectivity index (χ2n) is 6.33. The lowest BCUT2D eigenvalue weighted by molar-refractivity contribution is -0.0497. The van der Waals surface area contributed by atoms with Crippen molar-refractivity contribution in [2.75, 3.05) is 7.05 Å². The van der Waals surface area contributed by atoms with Gasteiger partial charge in [0.1, 0.15) is 23.8 Å². The zero-order valence-corrected chi connectivity index (χ0v) is 13.8. The van der Waals surface area contributed by atoms with Crippen LogP contribution >= 0.6 is 0 Å². The van der Waals surface area contributed by atoms with Crippen molar-refractivity contribution in [1.82, 2.24) is 14.5 Å². The summed E-state index contributed by atoms with van der Waals surface area (Å²) >= 11 is 0. The van der Waals surface area contributed by atoms with E-state index in [1.807, 2.05) is 61.4 Å². The van der Waals surface area contributed by atoms with Crippen LogP contribution in [0.4, 0.5) is 0 Å². The number of aliphatic hydroxyl groups excluding tert-OH is 1. The van der Waals surface area contributed by atoms with Crippen molar-refractivity contribution in [1.29, 1.82) is 0 Å². The van der Waals surface area contributed by atoms with Crippen molar-refractivity contribution in [2.24, 2.45) is 7.05 Å². The van der Waals surface area contributed by atoms with Gasteiger partial charge in [0.05, 0.1) is 6.54 Å². The molecule has 3 atom stereocenters. The zero-order valence-electron chi connectivity index (χ0n) is 13.8. The Bertz CT molecular complexity index is 614. The van der Waals surface area contributed by atoms with Crippen molar-refractivity contribution in [2.45, 2.75) is 44.1 Å². The van der Waals surface area contributed by atoms with Crippen LogP contribution in [-0.4, -0.2) is 44.9 Å². The third-order valence-electron chi connectivity index (χ3n) is 4.67. The number of para-hydroxylation sites is 1. The van der Waals surface area contributed by atoms with Crippen molar-refractivity contribution >= 4 is 0 Å². The molecule has 1 aromatic carbocycles. The summed E-state index contributed by atoms with van der Waals surface area (Å²) in [6, 6.07) is 9.84.